The van der Waals surface area contributed by atoms with Crippen LogP contribution < -0.4 is 14.8 Å². The average molecular weight is 393 g/mol. The molecule has 1 aromatic rings. The largest absolute Gasteiger partial charge is 0.497 e. The van der Waals surface area contributed by atoms with E-state index < -0.39 is 6.10 Å². The third kappa shape index (κ3) is 6.07. The number of aliphatic hydroxyl groups excluding tert-OH is 1. The number of likely N-dealkylation sites (N-methyl/N-ethyl adjacent to an activating group) is 1. The van der Waals surface area contributed by atoms with Gasteiger partial charge in [-0.05, 0) is 13.1 Å². The Morgan fingerprint density at radius 2 is 1.96 bits per heavy atom. The Bertz CT molecular complexity index is 649. The molecule has 2 N–H and O–H groups in total. The highest BCUT2D eigenvalue weighted by Crippen LogP contribution is 2.26. The van der Waals surface area contributed by atoms with Crippen LogP contribution >= 0.6 is 0 Å². The maximum Gasteiger partial charge on any atom is 0.234 e. The Hall–Kier alpha value is -1.87. The quantitative estimate of drug-likeness (QED) is 0.624. The normalized spacial score (nSPS) is 20.6. The molecule has 8 heteroatoms. The molecule has 1 atom stereocenters. The number of piperazine rings is 2. The number of aliphatic hydroxyl groups is 1. The van der Waals surface area contributed by atoms with E-state index in [0.717, 1.165) is 38.3 Å². The summed E-state index contributed by atoms with van der Waals surface area (Å²) in [7, 11) is 3.74. The van der Waals surface area contributed by atoms with Gasteiger partial charge in [-0.15, -0.1) is 0 Å². The van der Waals surface area contributed by atoms with Gasteiger partial charge < -0.3 is 24.8 Å². The molecule has 0 saturated carbocycles. The number of amides is 1. The van der Waals surface area contributed by atoms with E-state index >= 15 is 0 Å². The fraction of sp³-hybridized carbons (Fsp3) is 0.650. The minimum atomic E-state index is -0.553. The van der Waals surface area contributed by atoms with E-state index in [4.69, 9.17) is 9.47 Å². The third-order valence-electron chi connectivity index (χ3n) is 5.28. The van der Waals surface area contributed by atoms with Crippen LogP contribution in [0.5, 0.6) is 11.5 Å². The Morgan fingerprint density at radius 1 is 1.18 bits per heavy atom. The summed E-state index contributed by atoms with van der Waals surface area (Å²) < 4.78 is 11.3. The highest BCUT2D eigenvalue weighted by molar-refractivity contribution is 5.78. The van der Waals surface area contributed by atoms with E-state index in [1.807, 2.05) is 18.2 Å². The number of hydrogen-bond acceptors (Lipinski definition) is 7. The standard InChI is InChI=1S/C20H32N4O4/c1-22-7-9-23(10-8-22)13-17(25)15-28-19-11-18(27-2)4-3-16(19)12-24-6-5-21-20(26)14-24/h3-4,11,17,25H,5-10,12-15H2,1-2H3,(H,21,26). The molecule has 2 saturated heterocycles. The first-order valence-electron chi connectivity index (χ1n) is 9.91. The molecule has 3 rings (SSSR count). The molecule has 0 radical (unpaired) electrons. The lowest BCUT2D eigenvalue weighted by Crippen LogP contribution is -2.47. The molecular weight excluding hydrogens is 360 g/mol. The van der Waals surface area contributed by atoms with Crippen LogP contribution in [0.3, 0.4) is 0 Å². The lowest BCUT2D eigenvalue weighted by atomic mass is 10.1. The summed E-state index contributed by atoms with van der Waals surface area (Å²) in [6, 6.07) is 5.71. The molecule has 0 spiro atoms. The van der Waals surface area contributed by atoms with Crippen LogP contribution in [0.25, 0.3) is 0 Å². The van der Waals surface area contributed by atoms with Gasteiger partial charge >= 0.3 is 0 Å². The Balaban J connectivity index is 1.57. The first kappa shape index (κ1) is 20.9. The van der Waals surface area contributed by atoms with E-state index in [1.54, 1.807) is 7.11 Å². The number of carbonyl (C=O) groups excluding carboxylic acids is 1. The van der Waals surface area contributed by atoms with Crippen molar-refractivity contribution in [3.05, 3.63) is 23.8 Å². The Morgan fingerprint density at radius 3 is 2.68 bits per heavy atom. The van der Waals surface area contributed by atoms with Crippen molar-refractivity contribution < 1.29 is 19.4 Å². The van der Waals surface area contributed by atoms with Crippen molar-refractivity contribution in [3.63, 3.8) is 0 Å². The minimum Gasteiger partial charge on any atom is -0.497 e. The van der Waals surface area contributed by atoms with Crippen molar-refractivity contribution in [1.29, 1.82) is 0 Å². The summed E-state index contributed by atoms with van der Waals surface area (Å²) in [5.41, 5.74) is 0.988. The number of methoxy groups -OCH3 is 1. The molecule has 0 bridgehead atoms. The fourth-order valence-electron chi connectivity index (χ4n) is 3.56. The minimum absolute atomic E-state index is 0.0461. The van der Waals surface area contributed by atoms with Gasteiger partial charge in [-0.3, -0.25) is 14.6 Å². The van der Waals surface area contributed by atoms with Gasteiger partial charge in [0.05, 0.1) is 13.7 Å². The highest BCUT2D eigenvalue weighted by Gasteiger charge is 2.20. The van der Waals surface area contributed by atoms with Gasteiger partial charge in [0.2, 0.25) is 5.91 Å². The molecule has 2 heterocycles. The molecule has 1 aromatic carbocycles. The van der Waals surface area contributed by atoms with Crippen molar-refractivity contribution in [1.82, 2.24) is 20.0 Å². The molecule has 28 heavy (non-hydrogen) atoms. The SMILES string of the molecule is COc1ccc(CN2CCNC(=O)C2)c(OCC(O)CN2CCN(C)CC2)c1. The summed E-state index contributed by atoms with van der Waals surface area (Å²) in [5, 5.41) is 13.3. The number of carbonyl (C=O) groups is 1. The summed E-state index contributed by atoms with van der Waals surface area (Å²) >= 11 is 0. The number of rotatable bonds is 8. The van der Waals surface area contributed by atoms with Gasteiger partial charge in [-0.2, -0.15) is 0 Å². The number of hydrogen-bond donors (Lipinski definition) is 2. The van der Waals surface area contributed by atoms with Gasteiger partial charge in [-0.25, -0.2) is 0 Å². The number of benzene rings is 1. The fourth-order valence-corrected chi connectivity index (χ4v) is 3.56. The van der Waals surface area contributed by atoms with E-state index in [9.17, 15) is 9.90 Å². The van der Waals surface area contributed by atoms with Gasteiger partial charge in [0.25, 0.3) is 0 Å². The van der Waals surface area contributed by atoms with E-state index in [0.29, 0.717) is 37.7 Å². The molecular formula is C20H32N4O4. The van der Waals surface area contributed by atoms with Crippen LogP contribution in [-0.2, 0) is 11.3 Å². The van der Waals surface area contributed by atoms with Crippen LogP contribution in [0.1, 0.15) is 5.56 Å². The second kappa shape index (κ2) is 10.1. The Kier molecular flexibility index (Phi) is 7.50. The topological polar surface area (TPSA) is 77.5 Å². The molecule has 156 valence electrons. The van der Waals surface area contributed by atoms with Gasteiger partial charge in [0.1, 0.15) is 24.2 Å². The number of β-amino-alcohol motifs (C(OH)–C–C–N with tert-alkyl or cyclic N) is 1. The van der Waals surface area contributed by atoms with Crippen molar-refractivity contribution >= 4 is 5.91 Å². The molecule has 0 aromatic heterocycles. The van der Waals surface area contributed by atoms with Gasteiger partial charge in [0.15, 0.2) is 0 Å². The van der Waals surface area contributed by atoms with Gasteiger partial charge in [0, 0.05) is 64.0 Å². The average Bonchev–Trinajstić information content (AvgIpc) is 2.69. The smallest absolute Gasteiger partial charge is 0.234 e. The van der Waals surface area contributed by atoms with Crippen molar-refractivity contribution in [2.45, 2.75) is 12.6 Å². The van der Waals surface area contributed by atoms with Crippen LogP contribution in [0.4, 0.5) is 0 Å². The van der Waals surface area contributed by atoms with Crippen LogP contribution in [0.15, 0.2) is 18.2 Å². The summed E-state index contributed by atoms with van der Waals surface area (Å²) in [5.74, 6) is 1.45. The molecule has 8 nitrogen and oxygen atoms in total. The lowest BCUT2D eigenvalue weighted by Gasteiger charge is -2.33. The van der Waals surface area contributed by atoms with Crippen LogP contribution in [0, 0.1) is 0 Å². The van der Waals surface area contributed by atoms with Crippen LogP contribution in [0.2, 0.25) is 0 Å². The highest BCUT2D eigenvalue weighted by atomic mass is 16.5. The molecule has 2 aliphatic heterocycles. The molecule has 2 aliphatic rings. The third-order valence-corrected chi connectivity index (χ3v) is 5.28. The van der Waals surface area contributed by atoms with E-state index in [2.05, 4.69) is 27.1 Å². The molecule has 1 unspecified atom stereocenters. The maximum atomic E-state index is 11.6. The predicted octanol–water partition coefficient (Wildman–Crippen LogP) is -0.386. The first-order valence-corrected chi connectivity index (χ1v) is 9.91. The number of ether oxygens (including phenoxy) is 2. The summed E-state index contributed by atoms with van der Waals surface area (Å²) in [4.78, 5) is 18.3. The van der Waals surface area contributed by atoms with Crippen LogP contribution in [-0.4, -0.2) is 105 Å². The van der Waals surface area contributed by atoms with Crippen molar-refractivity contribution in [3.8, 4) is 11.5 Å². The molecule has 0 aliphatic carbocycles. The molecule has 2 fully saturated rings. The van der Waals surface area contributed by atoms with E-state index in [-0.39, 0.29) is 12.5 Å². The van der Waals surface area contributed by atoms with Crippen molar-refractivity contribution in [2.24, 2.45) is 0 Å². The maximum absolute atomic E-state index is 11.6. The van der Waals surface area contributed by atoms with Gasteiger partial charge in [-0.1, -0.05) is 6.07 Å². The van der Waals surface area contributed by atoms with E-state index in [1.165, 1.54) is 0 Å². The zero-order valence-electron chi connectivity index (χ0n) is 16.9. The zero-order chi connectivity index (χ0) is 19.9. The second-order valence-corrected chi connectivity index (χ2v) is 7.60. The lowest BCUT2D eigenvalue weighted by molar-refractivity contribution is -0.124. The van der Waals surface area contributed by atoms with Crippen molar-refractivity contribution in [2.75, 3.05) is 73.1 Å². The monoisotopic (exact) mass is 392 g/mol. The Labute approximate surface area is 167 Å². The number of nitrogens with zero attached hydrogens (tertiary/aromatic N) is 3. The zero-order valence-corrected chi connectivity index (χ0v) is 16.9. The number of nitrogens with one attached hydrogen (secondary N) is 1. The summed E-state index contributed by atoms with van der Waals surface area (Å²) in [6.07, 6.45) is -0.553. The first-order chi connectivity index (χ1) is 13.5. The predicted molar refractivity (Wildman–Crippen MR) is 107 cm³/mol. The second-order valence-electron chi connectivity index (χ2n) is 7.60. The molecule has 1 amide bonds. The summed E-state index contributed by atoms with van der Waals surface area (Å²) in [6.45, 7) is 7.31.